The van der Waals surface area contributed by atoms with Crippen molar-refractivity contribution in [3.63, 3.8) is 0 Å². The number of allylic oxidation sites excluding steroid dienone is 1. The third-order valence-corrected chi connectivity index (χ3v) is 5.88. The molecule has 1 aliphatic rings. The second-order valence-electron chi connectivity index (χ2n) is 8.10. The number of nitrogens with one attached hydrogen (secondary N) is 2. The lowest BCUT2D eigenvalue weighted by atomic mass is 9.94. The zero-order chi connectivity index (χ0) is 19.4. The standard InChI is InChI=1S/C24H33N3/c1-6-19-13-17(4)22(7-2)20(14-19)11-9-18(5)25-24-15-23(26-27-24)21-10-8-16(3)12-21/h7,13-16,21H,2,5-6,8-12H2,1,3-4H3,(H2,25,26,27). The summed E-state index contributed by atoms with van der Waals surface area (Å²) in [5.74, 6) is 2.34. The minimum atomic E-state index is 0.631. The van der Waals surface area contributed by atoms with Crippen LogP contribution in [0, 0.1) is 12.8 Å². The van der Waals surface area contributed by atoms with E-state index in [4.69, 9.17) is 0 Å². The summed E-state index contributed by atoms with van der Waals surface area (Å²) in [6.07, 6.45) is 8.72. The summed E-state index contributed by atoms with van der Waals surface area (Å²) in [6, 6.07) is 6.73. The molecule has 2 N–H and O–H groups in total. The van der Waals surface area contributed by atoms with Crippen molar-refractivity contribution in [2.75, 3.05) is 5.32 Å². The number of anilines is 1. The van der Waals surface area contributed by atoms with E-state index in [-0.39, 0.29) is 0 Å². The molecule has 3 nitrogen and oxygen atoms in total. The number of H-pyrrole nitrogens is 1. The average molecular weight is 364 g/mol. The number of aromatic amines is 1. The van der Waals surface area contributed by atoms with Gasteiger partial charge in [-0.15, -0.1) is 0 Å². The topological polar surface area (TPSA) is 40.7 Å². The molecule has 3 heteroatoms. The second-order valence-corrected chi connectivity index (χ2v) is 8.10. The van der Waals surface area contributed by atoms with E-state index in [0.717, 1.165) is 36.7 Å². The van der Waals surface area contributed by atoms with Gasteiger partial charge >= 0.3 is 0 Å². The molecule has 0 spiro atoms. The summed E-state index contributed by atoms with van der Waals surface area (Å²) in [7, 11) is 0. The van der Waals surface area contributed by atoms with Gasteiger partial charge in [-0.1, -0.05) is 51.6 Å². The molecule has 0 amide bonds. The molecule has 1 aliphatic carbocycles. The van der Waals surface area contributed by atoms with Gasteiger partial charge in [-0.25, -0.2) is 0 Å². The maximum Gasteiger partial charge on any atom is 0.152 e. The molecule has 0 saturated heterocycles. The average Bonchev–Trinajstić information content (AvgIpc) is 3.28. The maximum absolute atomic E-state index is 4.44. The van der Waals surface area contributed by atoms with Crippen molar-refractivity contribution >= 4 is 11.9 Å². The first-order valence-electron chi connectivity index (χ1n) is 10.2. The number of aromatic nitrogens is 2. The minimum Gasteiger partial charge on any atom is -0.343 e. The van der Waals surface area contributed by atoms with E-state index in [1.807, 2.05) is 6.08 Å². The summed E-state index contributed by atoms with van der Waals surface area (Å²) in [6.45, 7) is 14.9. The fourth-order valence-corrected chi connectivity index (χ4v) is 4.28. The zero-order valence-electron chi connectivity index (χ0n) is 17.1. The smallest absolute Gasteiger partial charge is 0.152 e. The number of hydrogen-bond acceptors (Lipinski definition) is 2. The Kier molecular flexibility index (Phi) is 6.20. The van der Waals surface area contributed by atoms with Crippen LogP contribution in [0.3, 0.4) is 0 Å². The molecule has 0 aliphatic heterocycles. The van der Waals surface area contributed by atoms with Crippen molar-refractivity contribution in [3.05, 3.63) is 65.0 Å². The molecule has 2 aromatic rings. The first-order chi connectivity index (χ1) is 13.0. The highest BCUT2D eigenvalue weighted by molar-refractivity contribution is 5.57. The number of benzene rings is 1. The van der Waals surface area contributed by atoms with Crippen LogP contribution in [0.5, 0.6) is 0 Å². The Morgan fingerprint density at radius 2 is 2.15 bits per heavy atom. The van der Waals surface area contributed by atoms with Gasteiger partial charge in [-0.05, 0) is 67.2 Å². The fraction of sp³-hybridized carbons (Fsp3) is 0.458. The van der Waals surface area contributed by atoms with Gasteiger partial charge in [0.1, 0.15) is 0 Å². The molecule has 1 heterocycles. The monoisotopic (exact) mass is 363 g/mol. The molecule has 27 heavy (non-hydrogen) atoms. The zero-order valence-corrected chi connectivity index (χ0v) is 17.1. The van der Waals surface area contributed by atoms with Gasteiger partial charge in [-0.2, -0.15) is 5.10 Å². The minimum absolute atomic E-state index is 0.631. The highest BCUT2D eigenvalue weighted by Gasteiger charge is 2.24. The van der Waals surface area contributed by atoms with E-state index in [2.05, 4.69) is 67.6 Å². The number of nitrogens with zero attached hydrogens (tertiary/aromatic N) is 1. The number of rotatable bonds is 8. The largest absolute Gasteiger partial charge is 0.343 e. The van der Waals surface area contributed by atoms with Crippen LogP contribution in [0.4, 0.5) is 5.82 Å². The lowest BCUT2D eigenvalue weighted by Gasteiger charge is -2.13. The van der Waals surface area contributed by atoms with E-state index in [9.17, 15) is 0 Å². The molecule has 2 unspecified atom stereocenters. The van der Waals surface area contributed by atoms with Crippen LogP contribution in [-0.2, 0) is 12.8 Å². The molecule has 1 saturated carbocycles. The molecule has 3 rings (SSSR count). The SMILES string of the molecule is C=Cc1c(C)cc(CC)cc1CCC(=C)Nc1cc(C2CCC(C)C2)[nH]n1. The van der Waals surface area contributed by atoms with Crippen molar-refractivity contribution in [1.82, 2.24) is 10.2 Å². The van der Waals surface area contributed by atoms with Crippen LogP contribution >= 0.6 is 0 Å². The summed E-state index contributed by atoms with van der Waals surface area (Å²) in [5, 5.41) is 11.0. The molecule has 0 bridgehead atoms. The van der Waals surface area contributed by atoms with Crippen molar-refractivity contribution in [2.24, 2.45) is 5.92 Å². The van der Waals surface area contributed by atoms with Gasteiger partial charge < -0.3 is 5.32 Å². The fourth-order valence-electron chi connectivity index (χ4n) is 4.28. The Balaban J connectivity index is 1.60. The van der Waals surface area contributed by atoms with Crippen LogP contribution in [0.25, 0.3) is 6.08 Å². The van der Waals surface area contributed by atoms with Gasteiger partial charge in [0.2, 0.25) is 0 Å². The maximum atomic E-state index is 4.44. The van der Waals surface area contributed by atoms with Gasteiger partial charge in [-0.3, -0.25) is 5.10 Å². The first kappa shape index (κ1) is 19.5. The quantitative estimate of drug-likeness (QED) is 0.571. The van der Waals surface area contributed by atoms with E-state index in [1.54, 1.807) is 0 Å². The van der Waals surface area contributed by atoms with Crippen LogP contribution in [0.1, 0.15) is 73.4 Å². The van der Waals surface area contributed by atoms with Crippen molar-refractivity contribution in [1.29, 1.82) is 0 Å². The highest BCUT2D eigenvalue weighted by atomic mass is 15.2. The van der Waals surface area contributed by atoms with E-state index in [0.29, 0.717) is 5.92 Å². The Morgan fingerprint density at radius 1 is 1.33 bits per heavy atom. The highest BCUT2D eigenvalue weighted by Crippen LogP contribution is 2.37. The lowest BCUT2D eigenvalue weighted by molar-refractivity contribution is 0.591. The number of hydrogen-bond donors (Lipinski definition) is 2. The van der Waals surface area contributed by atoms with Gasteiger partial charge in [0, 0.05) is 23.4 Å². The van der Waals surface area contributed by atoms with Crippen LogP contribution in [0.15, 0.2) is 37.1 Å². The van der Waals surface area contributed by atoms with Crippen molar-refractivity contribution < 1.29 is 0 Å². The predicted molar refractivity (Wildman–Crippen MR) is 116 cm³/mol. The molecule has 1 aromatic heterocycles. The summed E-state index contributed by atoms with van der Waals surface area (Å²) < 4.78 is 0. The third-order valence-electron chi connectivity index (χ3n) is 5.88. The number of aryl methyl sites for hydroxylation is 3. The normalized spacial score (nSPS) is 19.2. The Bertz CT molecular complexity index is 815. The summed E-state index contributed by atoms with van der Waals surface area (Å²) >= 11 is 0. The van der Waals surface area contributed by atoms with Gasteiger partial charge in [0.05, 0.1) is 0 Å². The van der Waals surface area contributed by atoms with E-state index in [1.165, 1.54) is 47.2 Å². The molecule has 144 valence electrons. The summed E-state index contributed by atoms with van der Waals surface area (Å²) in [5.41, 5.74) is 7.57. The lowest BCUT2D eigenvalue weighted by Crippen LogP contribution is -2.02. The van der Waals surface area contributed by atoms with Gasteiger partial charge in [0.25, 0.3) is 0 Å². The van der Waals surface area contributed by atoms with E-state index >= 15 is 0 Å². The molecule has 2 atom stereocenters. The van der Waals surface area contributed by atoms with Crippen LogP contribution in [0.2, 0.25) is 0 Å². The van der Waals surface area contributed by atoms with Crippen LogP contribution < -0.4 is 5.32 Å². The molecule has 1 aromatic carbocycles. The van der Waals surface area contributed by atoms with E-state index < -0.39 is 0 Å². The molecule has 0 radical (unpaired) electrons. The first-order valence-corrected chi connectivity index (χ1v) is 10.2. The molecular formula is C24H33N3. The third kappa shape index (κ3) is 4.71. The van der Waals surface area contributed by atoms with Crippen molar-refractivity contribution in [2.45, 2.75) is 65.2 Å². The predicted octanol–water partition coefficient (Wildman–Crippen LogP) is 6.39. The van der Waals surface area contributed by atoms with Crippen LogP contribution in [-0.4, -0.2) is 10.2 Å². The molecular weight excluding hydrogens is 330 g/mol. The Labute approximate surface area is 164 Å². The van der Waals surface area contributed by atoms with Crippen molar-refractivity contribution in [3.8, 4) is 0 Å². The summed E-state index contributed by atoms with van der Waals surface area (Å²) in [4.78, 5) is 0. The Morgan fingerprint density at radius 3 is 2.81 bits per heavy atom. The molecule has 1 fully saturated rings. The second kappa shape index (κ2) is 8.60. The van der Waals surface area contributed by atoms with Gasteiger partial charge in [0.15, 0.2) is 5.82 Å². The Hall–Kier alpha value is -2.29.